The molecule has 2 nitrogen and oxygen atoms in total. The van der Waals surface area contributed by atoms with Crippen molar-refractivity contribution in [3.05, 3.63) is 60.8 Å². The highest BCUT2D eigenvalue weighted by Crippen LogP contribution is 2.27. The Morgan fingerprint density at radius 1 is 0.947 bits per heavy atom. The average molecular weight is 249 g/mol. The van der Waals surface area contributed by atoms with Gasteiger partial charge in [-0.1, -0.05) is 24.3 Å². The second-order valence-corrected chi connectivity index (χ2v) is 4.34. The molecule has 3 rings (SSSR count). The van der Waals surface area contributed by atoms with Gasteiger partial charge in [0.1, 0.15) is 5.75 Å². The largest absolute Gasteiger partial charge is 0.494 e. The van der Waals surface area contributed by atoms with Crippen molar-refractivity contribution < 1.29 is 4.74 Å². The van der Waals surface area contributed by atoms with Gasteiger partial charge in [0, 0.05) is 17.1 Å². The van der Waals surface area contributed by atoms with Crippen LogP contribution in [0.25, 0.3) is 22.0 Å². The fourth-order valence-corrected chi connectivity index (χ4v) is 2.23. The molecule has 1 heterocycles. The van der Waals surface area contributed by atoms with Crippen LogP contribution in [0.5, 0.6) is 5.75 Å². The van der Waals surface area contributed by atoms with Crippen LogP contribution in [-0.4, -0.2) is 11.6 Å². The number of aromatic nitrogens is 1. The highest BCUT2D eigenvalue weighted by Gasteiger charge is 2.04. The molecule has 0 bridgehead atoms. The van der Waals surface area contributed by atoms with E-state index >= 15 is 0 Å². The van der Waals surface area contributed by atoms with E-state index in [2.05, 4.69) is 29.2 Å². The van der Waals surface area contributed by atoms with Crippen molar-refractivity contribution in [2.24, 2.45) is 0 Å². The minimum atomic E-state index is 0.686. The van der Waals surface area contributed by atoms with Gasteiger partial charge in [0.25, 0.3) is 0 Å². The Labute approximate surface area is 112 Å². The lowest BCUT2D eigenvalue weighted by atomic mass is 10.0. The van der Waals surface area contributed by atoms with Gasteiger partial charge in [-0.2, -0.15) is 0 Å². The van der Waals surface area contributed by atoms with Crippen LogP contribution in [0.4, 0.5) is 0 Å². The number of fused-ring (bicyclic) bond motifs is 1. The summed E-state index contributed by atoms with van der Waals surface area (Å²) in [5.74, 6) is 0.895. The van der Waals surface area contributed by atoms with Gasteiger partial charge in [-0.15, -0.1) is 0 Å². The lowest BCUT2D eigenvalue weighted by Gasteiger charge is -2.07. The summed E-state index contributed by atoms with van der Waals surface area (Å²) >= 11 is 0. The lowest BCUT2D eigenvalue weighted by Crippen LogP contribution is -1.91. The molecular weight excluding hydrogens is 234 g/mol. The summed E-state index contributed by atoms with van der Waals surface area (Å²) in [6.07, 6.45) is 1.86. The van der Waals surface area contributed by atoms with E-state index in [0.717, 1.165) is 17.0 Å². The molecule has 0 saturated heterocycles. The molecule has 0 unspecified atom stereocenters. The highest BCUT2D eigenvalue weighted by atomic mass is 16.5. The van der Waals surface area contributed by atoms with Crippen LogP contribution in [0.2, 0.25) is 0 Å². The Bertz CT molecular complexity index is 684. The number of ether oxygens (including phenoxy) is 1. The Balaban J connectivity index is 2.08. The predicted octanol–water partition coefficient (Wildman–Crippen LogP) is 4.30. The first-order chi connectivity index (χ1) is 9.38. The number of rotatable bonds is 3. The third-order valence-corrected chi connectivity index (χ3v) is 3.11. The normalized spacial score (nSPS) is 10.6. The van der Waals surface area contributed by atoms with Crippen LogP contribution in [0.1, 0.15) is 6.92 Å². The molecule has 2 aromatic carbocycles. The molecule has 3 aromatic rings. The number of pyridine rings is 1. The van der Waals surface area contributed by atoms with Crippen LogP contribution in [-0.2, 0) is 0 Å². The van der Waals surface area contributed by atoms with Crippen molar-refractivity contribution in [3.8, 4) is 17.0 Å². The van der Waals surface area contributed by atoms with E-state index in [4.69, 9.17) is 4.74 Å². The first-order valence-corrected chi connectivity index (χ1v) is 6.45. The molecule has 0 aliphatic heterocycles. The van der Waals surface area contributed by atoms with E-state index in [1.807, 2.05) is 43.5 Å². The van der Waals surface area contributed by atoms with E-state index in [0.29, 0.717) is 6.61 Å². The van der Waals surface area contributed by atoms with Gasteiger partial charge in [-0.25, -0.2) is 0 Å². The molecule has 19 heavy (non-hydrogen) atoms. The summed E-state index contributed by atoms with van der Waals surface area (Å²) in [5, 5.41) is 2.38. The number of hydrogen-bond donors (Lipinski definition) is 0. The van der Waals surface area contributed by atoms with Crippen LogP contribution >= 0.6 is 0 Å². The molecule has 0 fully saturated rings. The number of benzene rings is 2. The Morgan fingerprint density at radius 3 is 2.53 bits per heavy atom. The Kier molecular flexibility index (Phi) is 3.15. The van der Waals surface area contributed by atoms with E-state index in [-0.39, 0.29) is 0 Å². The van der Waals surface area contributed by atoms with Crippen LogP contribution in [0, 0.1) is 0 Å². The van der Waals surface area contributed by atoms with Crippen LogP contribution < -0.4 is 4.74 Å². The first kappa shape index (κ1) is 11.7. The maximum atomic E-state index is 5.46. The second-order valence-electron chi connectivity index (χ2n) is 4.34. The van der Waals surface area contributed by atoms with Crippen LogP contribution in [0.15, 0.2) is 60.8 Å². The van der Waals surface area contributed by atoms with Gasteiger partial charge in [-0.3, -0.25) is 4.98 Å². The van der Waals surface area contributed by atoms with Gasteiger partial charge in [-0.05, 0) is 42.6 Å². The van der Waals surface area contributed by atoms with E-state index < -0.39 is 0 Å². The molecule has 0 spiro atoms. The summed E-state index contributed by atoms with van der Waals surface area (Å²) in [6.45, 7) is 2.67. The molecule has 0 aliphatic carbocycles. The summed E-state index contributed by atoms with van der Waals surface area (Å²) in [6, 6.07) is 18.4. The number of nitrogens with zero attached hydrogens (tertiary/aromatic N) is 1. The molecule has 0 radical (unpaired) electrons. The smallest absolute Gasteiger partial charge is 0.119 e. The van der Waals surface area contributed by atoms with Crippen molar-refractivity contribution in [2.45, 2.75) is 6.92 Å². The summed E-state index contributed by atoms with van der Waals surface area (Å²) in [7, 11) is 0. The third-order valence-electron chi connectivity index (χ3n) is 3.11. The standard InChI is InChI=1S/C17H15NO/c1-2-19-15-9-7-14(8-10-15)17-16-6-4-3-5-13(16)11-12-18-17/h3-12H,2H2,1H3. The van der Waals surface area contributed by atoms with E-state index in [1.165, 1.54) is 10.8 Å². The summed E-state index contributed by atoms with van der Waals surface area (Å²) < 4.78 is 5.46. The molecule has 0 N–H and O–H groups in total. The maximum Gasteiger partial charge on any atom is 0.119 e. The lowest BCUT2D eigenvalue weighted by molar-refractivity contribution is 0.340. The first-order valence-electron chi connectivity index (χ1n) is 6.45. The molecule has 2 heteroatoms. The van der Waals surface area contributed by atoms with Crippen molar-refractivity contribution in [1.29, 1.82) is 0 Å². The molecule has 0 atom stereocenters. The molecule has 0 amide bonds. The quantitative estimate of drug-likeness (QED) is 0.690. The second kappa shape index (κ2) is 5.11. The van der Waals surface area contributed by atoms with Crippen molar-refractivity contribution in [1.82, 2.24) is 4.98 Å². The fraction of sp³-hybridized carbons (Fsp3) is 0.118. The number of hydrogen-bond acceptors (Lipinski definition) is 2. The Hall–Kier alpha value is -2.35. The average Bonchev–Trinajstić information content (AvgIpc) is 2.48. The molecule has 94 valence electrons. The molecule has 1 aromatic heterocycles. The molecule has 0 aliphatic rings. The molecular formula is C17H15NO. The van der Waals surface area contributed by atoms with E-state index in [9.17, 15) is 0 Å². The summed E-state index contributed by atoms with van der Waals surface area (Å²) in [5.41, 5.74) is 2.13. The zero-order chi connectivity index (χ0) is 13.1. The topological polar surface area (TPSA) is 22.1 Å². The van der Waals surface area contributed by atoms with Crippen molar-refractivity contribution >= 4 is 10.8 Å². The van der Waals surface area contributed by atoms with Crippen LogP contribution in [0.3, 0.4) is 0 Å². The van der Waals surface area contributed by atoms with Gasteiger partial charge in [0.2, 0.25) is 0 Å². The molecule has 0 saturated carbocycles. The highest BCUT2D eigenvalue weighted by molar-refractivity contribution is 5.94. The Morgan fingerprint density at radius 2 is 1.74 bits per heavy atom. The van der Waals surface area contributed by atoms with Gasteiger partial charge in [0.15, 0.2) is 0 Å². The monoisotopic (exact) mass is 249 g/mol. The van der Waals surface area contributed by atoms with Gasteiger partial charge < -0.3 is 4.74 Å². The van der Waals surface area contributed by atoms with Crippen molar-refractivity contribution in [3.63, 3.8) is 0 Å². The van der Waals surface area contributed by atoms with Gasteiger partial charge >= 0.3 is 0 Å². The zero-order valence-electron chi connectivity index (χ0n) is 10.8. The third kappa shape index (κ3) is 2.29. The minimum Gasteiger partial charge on any atom is -0.494 e. The van der Waals surface area contributed by atoms with Crippen molar-refractivity contribution in [2.75, 3.05) is 6.61 Å². The fourth-order valence-electron chi connectivity index (χ4n) is 2.23. The summed E-state index contributed by atoms with van der Waals surface area (Å²) in [4.78, 5) is 4.51. The SMILES string of the molecule is CCOc1ccc(-c2nccc3ccccc23)cc1. The van der Waals surface area contributed by atoms with E-state index in [1.54, 1.807) is 0 Å². The minimum absolute atomic E-state index is 0.686. The zero-order valence-corrected chi connectivity index (χ0v) is 10.8. The van der Waals surface area contributed by atoms with Gasteiger partial charge in [0.05, 0.1) is 12.3 Å². The predicted molar refractivity (Wildman–Crippen MR) is 78.3 cm³/mol. The maximum absolute atomic E-state index is 5.46.